The van der Waals surface area contributed by atoms with Crippen molar-refractivity contribution in [3.63, 3.8) is 0 Å². The maximum Gasteiger partial charge on any atom is 0.238 e. The van der Waals surface area contributed by atoms with Crippen LogP contribution in [0.1, 0.15) is 39.0 Å². The molecule has 2 aromatic heterocycles. The third kappa shape index (κ3) is 3.23. The lowest BCUT2D eigenvalue weighted by molar-refractivity contribution is 0.282. The molecule has 1 aliphatic heterocycles. The van der Waals surface area contributed by atoms with Crippen molar-refractivity contribution in [1.29, 1.82) is 0 Å². The summed E-state index contributed by atoms with van der Waals surface area (Å²) in [5, 5.41) is 15.5. The van der Waals surface area contributed by atoms with Crippen molar-refractivity contribution in [2.24, 2.45) is 10.2 Å². The highest BCUT2D eigenvalue weighted by atomic mass is 32.2. The van der Waals surface area contributed by atoms with Crippen molar-refractivity contribution in [3.05, 3.63) is 36.3 Å². The van der Waals surface area contributed by atoms with E-state index >= 15 is 0 Å². The average Bonchev–Trinajstić information content (AvgIpc) is 3.14. The average molecular weight is 458 g/mol. The zero-order valence-corrected chi connectivity index (χ0v) is 18.7. The van der Waals surface area contributed by atoms with Crippen LogP contribution in [0.2, 0.25) is 0 Å². The smallest absolute Gasteiger partial charge is 0.238 e. The number of rotatable bonds is 3. The normalized spacial score (nSPS) is 18.0. The van der Waals surface area contributed by atoms with Gasteiger partial charge in [0, 0.05) is 18.6 Å². The van der Waals surface area contributed by atoms with E-state index in [1.165, 1.54) is 18.6 Å². The highest BCUT2D eigenvalue weighted by Gasteiger charge is 2.43. The molecule has 32 heavy (non-hydrogen) atoms. The molecule has 2 aliphatic rings. The van der Waals surface area contributed by atoms with Crippen LogP contribution in [-0.4, -0.2) is 35.7 Å². The zero-order chi connectivity index (χ0) is 22.7. The van der Waals surface area contributed by atoms with E-state index in [0.717, 1.165) is 54.3 Å². The van der Waals surface area contributed by atoms with Crippen LogP contribution in [0.25, 0.3) is 11.0 Å². The first kappa shape index (κ1) is 20.8. The van der Waals surface area contributed by atoms with Gasteiger partial charge in [-0.3, -0.25) is 9.58 Å². The second kappa shape index (κ2) is 7.24. The summed E-state index contributed by atoms with van der Waals surface area (Å²) < 4.78 is 39.7. The molecule has 0 radical (unpaired) electrons. The lowest BCUT2D eigenvalue weighted by Gasteiger charge is -2.44. The van der Waals surface area contributed by atoms with Gasteiger partial charge in [-0.25, -0.2) is 22.9 Å². The van der Waals surface area contributed by atoms with E-state index in [1.807, 2.05) is 18.1 Å². The minimum absolute atomic E-state index is 0.0596. The van der Waals surface area contributed by atoms with Gasteiger partial charge in [0.05, 0.1) is 21.8 Å². The van der Waals surface area contributed by atoms with Gasteiger partial charge in [0.2, 0.25) is 16.0 Å². The van der Waals surface area contributed by atoms with Gasteiger partial charge in [-0.15, -0.1) is 0 Å². The highest BCUT2D eigenvalue weighted by Crippen LogP contribution is 2.44. The van der Waals surface area contributed by atoms with Crippen LogP contribution in [0, 0.1) is 5.82 Å². The van der Waals surface area contributed by atoms with Crippen LogP contribution < -0.4 is 15.5 Å². The Morgan fingerprint density at radius 2 is 1.94 bits per heavy atom. The van der Waals surface area contributed by atoms with Crippen LogP contribution >= 0.6 is 0 Å². The molecule has 3 N–H and O–H groups in total. The zero-order valence-electron chi connectivity index (χ0n) is 17.8. The number of sulfonamides is 1. The van der Waals surface area contributed by atoms with Crippen LogP contribution in [0.4, 0.5) is 21.8 Å². The monoisotopic (exact) mass is 457 g/mol. The summed E-state index contributed by atoms with van der Waals surface area (Å²) in [6.45, 7) is 2.07. The Balaban J connectivity index is 1.59. The van der Waals surface area contributed by atoms with E-state index < -0.39 is 15.8 Å². The van der Waals surface area contributed by atoms with Crippen LogP contribution in [-0.2, 0) is 15.6 Å². The Morgan fingerprint density at radius 3 is 2.62 bits per heavy atom. The quantitative estimate of drug-likeness (QED) is 0.622. The molecule has 11 heteroatoms. The van der Waals surface area contributed by atoms with E-state index in [-0.39, 0.29) is 22.1 Å². The molecular formula is C21H24FN7O2S. The van der Waals surface area contributed by atoms with E-state index in [2.05, 4.69) is 21.8 Å². The number of hydrogen-bond donors (Lipinski definition) is 2. The lowest BCUT2D eigenvalue weighted by Crippen LogP contribution is -2.47. The molecule has 0 bridgehead atoms. The Bertz CT molecular complexity index is 1360. The standard InChI is InChI=1S/C21H24FN7O2S/c1-13-21(8-4-3-5-9-21)29-18(28(2)27-13)10-14-12-24-20(26-19(14)29)25-17-7-6-15(11-16(17)22)32(23,30)31/h6-7,10-12H,3-5,8-9H2,1-2H3,(H2,23,30,31)(H,24,25,26). The predicted octanol–water partition coefficient (Wildman–Crippen LogP) is 3.45. The summed E-state index contributed by atoms with van der Waals surface area (Å²) in [5.41, 5.74) is 1.64. The minimum atomic E-state index is -3.99. The second-order valence-electron chi connectivity index (χ2n) is 8.42. The molecule has 5 rings (SSSR count). The van der Waals surface area contributed by atoms with Gasteiger partial charge in [0.1, 0.15) is 17.3 Å². The summed E-state index contributed by atoms with van der Waals surface area (Å²) in [7, 11) is -2.08. The Labute approximate surface area is 185 Å². The molecule has 1 fully saturated rings. The fourth-order valence-corrected chi connectivity index (χ4v) is 5.37. The molecule has 0 amide bonds. The second-order valence-corrected chi connectivity index (χ2v) is 9.98. The molecule has 1 aliphatic carbocycles. The number of benzene rings is 1. The third-order valence-electron chi connectivity index (χ3n) is 6.45. The summed E-state index contributed by atoms with van der Waals surface area (Å²) in [6, 6.07) is 5.45. The van der Waals surface area contributed by atoms with E-state index in [4.69, 9.17) is 15.2 Å². The SMILES string of the molecule is CC1=NN(C)c2cc3cnc(Nc4ccc(S(N)(=O)=O)cc4F)nc3n2C12CCCCC2. The number of hydrazone groups is 1. The number of fused-ring (bicyclic) bond motifs is 4. The van der Waals surface area contributed by atoms with Crippen molar-refractivity contribution in [2.45, 2.75) is 49.5 Å². The first-order valence-electron chi connectivity index (χ1n) is 10.5. The molecule has 0 atom stereocenters. The maximum absolute atomic E-state index is 14.5. The molecular weight excluding hydrogens is 433 g/mol. The first-order valence-corrected chi connectivity index (χ1v) is 12.0. The van der Waals surface area contributed by atoms with Gasteiger partial charge >= 0.3 is 0 Å². The summed E-state index contributed by atoms with van der Waals surface area (Å²) in [6.07, 6.45) is 7.12. The van der Waals surface area contributed by atoms with Gasteiger partial charge in [0.25, 0.3) is 0 Å². The van der Waals surface area contributed by atoms with Crippen LogP contribution in [0.15, 0.2) is 40.5 Å². The van der Waals surface area contributed by atoms with Gasteiger partial charge in [-0.2, -0.15) is 10.1 Å². The number of aromatic nitrogens is 3. The van der Waals surface area contributed by atoms with E-state index in [0.29, 0.717) is 0 Å². The molecule has 1 saturated carbocycles. The van der Waals surface area contributed by atoms with E-state index in [9.17, 15) is 12.8 Å². The van der Waals surface area contributed by atoms with Crippen LogP contribution in [0.3, 0.4) is 0 Å². The molecule has 3 aromatic rings. The Kier molecular flexibility index (Phi) is 4.71. The summed E-state index contributed by atoms with van der Waals surface area (Å²) >= 11 is 0. The van der Waals surface area contributed by atoms with Gasteiger partial charge in [-0.1, -0.05) is 19.3 Å². The molecule has 0 saturated heterocycles. The highest BCUT2D eigenvalue weighted by molar-refractivity contribution is 7.89. The Hall–Kier alpha value is -3.05. The van der Waals surface area contributed by atoms with Crippen LogP contribution in [0.5, 0.6) is 0 Å². The molecule has 168 valence electrons. The number of hydrogen-bond acceptors (Lipinski definition) is 7. The third-order valence-corrected chi connectivity index (χ3v) is 7.36. The van der Waals surface area contributed by atoms with Crippen molar-refractivity contribution in [2.75, 3.05) is 17.4 Å². The molecule has 1 spiro atoms. The largest absolute Gasteiger partial charge is 0.322 e. The maximum atomic E-state index is 14.5. The van der Waals surface area contributed by atoms with Gasteiger partial charge in [0.15, 0.2) is 0 Å². The fraction of sp³-hybridized carbons (Fsp3) is 0.381. The van der Waals surface area contributed by atoms with Gasteiger partial charge < -0.3 is 5.32 Å². The lowest BCUT2D eigenvalue weighted by atomic mass is 9.78. The van der Waals surface area contributed by atoms with Gasteiger partial charge in [-0.05, 0) is 44.0 Å². The fourth-order valence-electron chi connectivity index (χ4n) is 4.84. The number of primary sulfonamides is 1. The number of nitrogens with zero attached hydrogens (tertiary/aromatic N) is 5. The van der Waals surface area contributed by atoms with Crippen molar-refractivity contribution >= 4 is 44.2 Å². The first-order chi connectivity index (χ1) is 15.2. The molecule has 9 nitrogen and oxygen atoms in total. The van der Waals surface area contributed by atoms with Crippen molar-refractivity contribution < 1.29 is 12.8 Å². The Morgan fingerprint density at radius 1 is 1.19 bits per heavy atom. The number of anilines is 3. The summed E-state index contributed by atoms with van der Waals surface area (Å²) in [5.74, 6) is 0.404. The molecule has 0 unspecified atom stereocenters. The molecule has 3 heterocycles. The van der Waals surface area contributed by atoms with Crippen molar-refractivity contribution in [1.82, 2.24) is 14.5 Å². The summed E-state index contributed by atoms with van der Waals surface area (Å²) in [4.78, 5) is 8.76. The van der Waals surface area contributed by atoms with E-state index in [1.54, 1.807) is 6.20 Å². The predicted molar refractivity (Wildman–Crippen MR) is 121 cm³/mol. The topological polar surface area (TPSA) is 118 Å². The van der Waals surface area contributed by atoms with Crippen molar-refractivity contribution in [3.8, 4) is 0 Å². The minimum Gasteiger partial charge on any atom is -0.322 e. The number of nitrogens with two attached hydrogens (primary N) is 1. The number of halogens is 1. The molecule has 1 aromatic carbocycles. The number of nitrogens with one attached hydrogen (secondary N) is 1.